The molecule has 4 aromatic rings. The lowest BCUT2D eigenvalue weighted by molar-refractivity contribution is 0.0660. The molecule has 0 bridgehead atoms. The van der Waals surface area contributed by atoms with Crippen molar-refractivity contribution in [2.24, 2.45) is 0 Å². The lowest BCUT2D eigenvalue weighted by Crippen LogP contribution is -2.24. The van der Waals surface area contributed by atoms with Crippen molar-refractivity contribution in [3.8, 4) is 5.88 Å². The molecule has 2 atom stereocenters. The number of fused-ring (bicyclic) bond motifs is 2. The van der Waals surface area contributed by atoms with Gasteiger partial charge in [-0.05, 0) is 48.7 Å². The Labute approximate surface area is 155 Å². The summed E-state index contributed by atoms with van der Waals surface area (Å²) in [7, 11) is 0. The first-order chi connectivity index (χ1) is 13.3. The second-order valence-electron chi connectivity index (χ2n) is 6.67. The molecular formula is C20H19N5O2. The molecule has 7 nitrogen and oxygen atoms in total. The quantitative estimate of drug-likeness (QED) is 0.575. The number of hydrogen-bond acceptors (Lipinski definition) is 6. The Bertz CT molecular complexity index is 1110. The van der Waals surface area contributed by atoms with E-state index in [9.17, 15) is 0 Å². The first kappa shape index (κ1) is 16.0. The van der Waals surface area contributed by atoms with Gasteiger partial charge in [0.05, 0.1) is 18.2 Å². The van der Waals surface area contributed by atoms with Crippen LogP contribution in [0.5, 0.6) is 5.88 Å². The van der Waals surface area contributed by atoms with Crippen LogP contribution in [0.4, 0.5) is 11.5 Å². The molecule has 0 saturated carbocycles. The molecule has 2 N–H and O–H groups in total. The van der Waals surface area contributed by atoms with Gasteiger partial charge < -0.3 is 14.8 Å². The van der Waals surface area contributed by atoms with Gasteiger partial charge in [0.1, 0.15) is 11.6 Å². The van der Waals surface area contributed by atoms with Gasteiger partial charge in [0, 0.05) is 29.9 Å². The van der Waals surface area contributed by atoms with Crippen LogP contribution in [-0.2, 0) is 4.74 Å². The highest BCUT2D eigenvalue weighted by atomic mass is 16.6. The molecule has 27 heavy (non-hydrogen) atoms. The molecule has 7 heteroatoms. The highest BCUT2D eigenvalue weighted by Gasteiger charge is 2.26. The molecule has 1 aliphatic heterocycles. The molecule has 1 aliphatic rings. The number of ether oxygens (including phenoxy) is 2. The van der Waals surface area contributed by atoms with Gasteiger partial charge in [-0.25, -0.2) is 4.98 Å². The molecule has 5 rings (SSSR count). The van der Waals surface area contributed by atoms with Crippen molar-refractivity contribution in [3.05, 3.63) is 48.8 Å². The summed E-state index contributed by atoms with van der Waals surface area (Å²) < 4.78 is 11.7. The van der Waals surface area contributed by atoms with Gasteiger partial charge in [-0.3, -0.25) is 10.1 Å². The standard InChI is InChI=1S/C20H19N5O2/c1-12-17(7-10-26-12)27-20-15-5-4-14(11-13(15)6-9-22-20)23-19-18-16(24-25-19)3-2-8-21-18/h2-6,8-9,11-12,17H,7,10H2,1H3,(H2,23,24,25)/t12-,17-/m1/s1. The number of H-pyrrole nitrogens is 1. The Kier molecular flexibility index (Phi) is 3.86. The van der Waals surface area contributed by atoms with Crippen molar-refractivity contribution >= 4 is 33.3 Å². The SMILES string of the molecule is C[C@H]1OCC[C@H]1Oc1nccc2cc(Nc3n[nH]c4cccnc34)ccc12. The fourth-order valence-corrected chi connectivity index (χ4v) is 3.41. The van der Waals surface area contributed by atoms with Gasteiger partial charge in [-0.2, -0.15) is 5.10 Å². The van der Waals surface area contributed by atoms with E-state index in [4.69, 9.17) is 9.47 Å². The van der Waals surface area contributed by atoms with Crippen molar-refractivity contribution in [1.29, 1.82) is 0 Å². The van der Waals surface area contributed by atoms with Crippen LogP contribution in [0, 0.1) is 0 Å². The molecule has 0 unspecified atom stereocenters. The minimum absolute atomic E-state index is 0.0439. The molecule has 0 amide bonds. The lowest BCUT2D eigenvalue weighted by Gasteiger charge is -2.17. The molecule has 1 saturated heterocycles. The van der Waals surface area contributed by atoms with Crippen LogP contribution in [0.25, 0.3) is 21.8 Å². The third kappa shape index (κ3) is 2.96. The summed E-state index contributed by atoms with van der Waals surface area (Å²) in [5.74, 6) is 1.35. The third-order valence-corrected chi connectivity index (χ3v) is 4.88. The highest BCUT2D eigenvalue weighted by Crippen LogP contribution is 2.30. The van der Waals surface area contributed by atoms with Crippen molar-refractivity contribution in [3.63, 3.8) is 0 Å². The van der Waals surface area contributed by atoms with Gasteiger partial charge in [0.2, 0.25) is 5.88 Å². The largest absolute Gasteiger partial charge is 0.471 e. The van der Waals surface area contributed by atoms with E-state index in [1.54, 1.807) is 12.4 Å². The van der Waals surface area contributed by atoms with Crippen LogP contribution in [0.2, 0.25) is 0 Å². The van der Waals surface area contributed by atoms with Gasteiger partial charge in [0.25, 0.3) is 0 Å². The molecular weight excluding hydrogens is 342 g/mol. The molecule has 3 aromatic heterocycles. The number of hydrogen-bond donors (Lipinski definition) is 2. The Morgan fingerprint density at radius 2 is 2.15 bits per heavy atom. The van der Waals surface area contributed by atoms with E-state index in [0.717, 1.165) is 40.5 Å². The highest BCUT2D eigenvalue weighted by molar-refractivity contribution is 5.92. The lowest BCUT2D eigenvalue weighted by atomic mass is 10.1. The Morgan fingerprint density at radius 1 is 1.19 bits per heavy atom. The van der Waals surface area contributed by atoms with Crippen LogP contribution in [0.3, 0.4) is 0 Å². The predicted molar refractivity (Wildman–Crippen MR) is 103 cm³/mol. The second-order valence-corrected chi connectivity index (χ2v) is 6.67. The van der Waals surface area contributed by atoms with Crippen LogP contribution in [0.1, 0.15) is 13.3 Å². The summed E-state index contributed by atoms with van der Waals surface area (Å²) in [4.78, 5) is 8.81. The van der Waals surface area contributed by atoms with Crippen LogP contribution >= 0.6 is 0 Å². The van der Waals surface area contributed by atoms with Crippen LogP contribution < -0.4 is 10.1 Å². The zero-order valence-electron chi connectivity index (χ0n) is 14.8. The van der Waals surface area contributed by atoms with Crippen molar-refractivity contribution in [2.75, 3.05) is 11.9 Å². The fraction of sp³-hybridized carbons (Fsp3) is 0.250. The normalized spacial score (nSPS) is 19.6. The molecule has 1 aromatic carbocycles. The summed E-state index contributed by atoms with van der Waals surface area (Å²) in [6.07, 6.45) is 4.55. The van der Waals surface area contributed by atoms with Crippen LogP contribution in [0.15, 0.2) is 48.8 Å². The minimum atomic E-state index is 0.0439. The molecule has 0 radical (unpaired) electrons. The van der Waals surface area contributed by atoms with Crippen molar-refractivity contribution in [1.82, 2.24) is 20.2 Å². The predicted octanol–water partition coefficient (Wildman–Crippen LogP) is 3.81. The smallest absolute Gasteiger partial charge is 0.221 e. The zero-order chi connectivity index (χ0) is 18.2. The molecule has 1 fully saturated rings. The fourth-order valence-electron chi connectivity index (χ4n) is 3.41. The molecule has 136 valence electrons. The van der Waals surface area contributed by atoms with E-state index in [1.807, 2.05) is 37.3 Å². The van der Waals surface area contributed by atoms with E-state index < -0.39 is 0 Å². The maximum atomic E-state index is 6.12. The average molecular weight is 361 g/mol. The summed E-state index contributed by atoms with van der Waals surface area (Å²) in [5, 5.41) is 12.7. The zero-order valence-corrected chi connectivity index (χ0v) is 14.8. The monoisotopic (exact) mass is 361 g/mol. The van der Waals surface area contributed by atoms with E-state index >= 15 is 0 Å². The Morgan fingerprint density at radius 3 is 3.04 bits per heavy atom. The summed E-state index contributed by atoms with van der Waals surface area (Å²) in [6, 6.07) is 11.9. The third-order valence-electron chi connectivity index (χ3n) is 4.88. The Balaban J connectivity index is 1.45. The number of anilines is 2. The molecule has 0 aliphatic carbocycles. The number of aromatic nitrogens is 4. The van der Waals surface area contributed by atoms with Gasteiger partial charge >= 0.3 is 0 Å². The number of nitrogens with one attached hydrogen (secondary N) is 2. The topological polar surface area (TPSA) is 85.0 Å². The van der Waals surface area contributed by atoms with Crippen molar-refractivity contribution in [2.45, 2.75) is 25.6 Å². The second kappa shape index (κ2) is 6.51. The summed E-state index contributed by atoms with van der Waals surface area (Å²) in [6.45, 7) is 2.77. The van der Waals surface area contributed by atoms with Crippen LogP contribution in [-0.4, -0.2) is 39.0 Å². The summed E-state index contributed by atoms with van der Waals surface area (Å²) in [5.41, 5.74) is 2.64. The number of benzene rings is 1. The summed E-state index contributed by atoms with van der Waals surface area (Å²) >= 11 is 0. The number of aromatic amines is 1. The molecule has 4 heterocycles. The number of rotatable bonds is 4. The average Bonchev–Trinajstić information content (AvgIpc) is 3.28. The first-order valence-electron chi connectivity index (χ1n) is 9.01. The van der Waals surface area contributed by atoms with E-state index in [2.05, 4.69) is 31.5 Å². The van der Waals surface area contributed by atoms with E-state index in [-0.39, 0.29) is 12.2 Å². The first-order valence-corrected chi connectivity index (χ1v) is 9.01. The number of nitrogens with zero attached hydrogens (tertiary/aromatic N) is 3. The molecule has 0 spiro atoms. The number of pyridine rings is 2. The van der Waals surface area contributed by atoms with Crippen molar-refractivity contribution < 1.29 is 9.47 Å². The van der Waals surface area contributed by atoms with Gasteiger partial charge in [0.15, 0.2) is 5.82 Å². The van der Waals surface area contributed by atoms with Gasteiger partial charge in [-0.15, -0.1) is 0 Å². The maximum absolute atomic E-state index is 6.12. The minimum Gasteiger partial charge on any atom is -0.471 e. The van der Waals surface area contributed by atoms with E-state index in [1.165, 1.54) is 0 Å². The maximum Gasteiger partial charge on any atom is 0.221 e. The van der Waals surface area contributed by atoms with E-state index in [0.29, 0.717) is 11.7 Å². The van der Waals surface area contributed by atoms with Gasteiger partial charge in [-0.1, -0.05) is 0 Å². The Hall–Kier alpha value is -3.19.